The van der Waals surface area contributed by atoms with Gasteiger partial charge in [-0.3, -0.25) is 9.78 Å². The lowest BCUT2D eigenvalue weighted by Crippen LogP contribution is -2.14. The monoisotopic (exact) mass is 342 g/mol. The minimum absolute atomic E-state index is 0.116. The first-order valence-electron chi connectivity index (χ1n) is 8.47. The van der Waals surface area contributed by atoms with Crippen LogP contribution >= 0.6 is 0 Å². The molecule has 0 spiro atoms. The molecule has 0 aliphatic rings. The number of hydrogen-bond donors (Lipinski definition) is 2. The van der Waals surface area contributed by atoms with E-state index in [1.807, 2.05) is 12.1 Å². The molecule has 5 heteroatoms. The number of rotatable bonds is 7. The smallest absolute Gasteiger partial charge is 0.224 e. The lowest BCUT2D eigenvalue weighted by atomic mass is 9.87. The van der Waals surface area contributed by atoms with E-state index in [0.29, 0.717) is 30.7 Å². The van der Waals surface area contributed by atoms with Crippen LogP contribution in [0, 0.1) is 0 Å². The molecule has 1 aromatic carbocycles. The number of amides is 1. The fraction of sp³-hybridized carbons (Fsp3) is 0.400. The minimum Gasteiger partial charge on any atom is -0.494 e. The molecule has 5 nitrogen and oxygen atoms in total. The molecule has 0 fully saturated rings. The van der Waals surface area contributed by atoms with Crippen molar-refractivity contribution in [3.63, 3.8) is 0 Å². The highest BCUT2D eigenvalue weighted by molar-refractivity contribution is 5.91. The van der Waals surface area contributed by atoms with Crippen LogP contribution in [0.2, 0.25) is 0 Å². The zero-order valence-electron chi connectivity index (χ0n) is 15.1. The molecule has 1 aromatic heterocycles. The van der Waals surface area contributed by atoms with Gasteiger partial charge in [-0.25, -0.2) is 0 Å². The van der Waals surface area contributed by atoms with Gasteiger partial charge >= 0.3 is 0 Å². The molecule has 0 bridgehead atoms. The number of aliphatic hydroxyl groups excluding tert-OH is 1. The van der Waals surface area contributed by atoms with Crippen molar-refractivity contribution >= 4 is 11.6 Å². The van der Waals surface area contributed by atoms with Crippen LogP contribution in [-0.4, -0.2) is 22.6 Å². The second-order valence-corrected chi connectivity index (χ2v) is 6.97. The Labute approximate surface area is 149 Å². The Balaban J connectivity index is 1.74. The van der Waals surface area contributed by atoms with Crippen molar-refractivity contribution in [1.82, 2.24) is 4.98 Å². The molecule has 0 aliphatic carbocycles. The van der Waals surface area contributed by atoms with Crippen molar-refractivity contribution in [2.45, 2.75) is 45.6 Å². The molecule has 0 atom stereocenters. The second kappa shape index (κ2) is 8.62. The van der Waals surface area contributed by atoms with E-state index in [1.165, 1.54) is 11.8 Å². The van der Waals surface area contributed by atoms with E-state index in [9.17, 15) is 9.90 Å². The molecule has 2 aromatic rings. The first-order valence-corrected chi connectivity index (χ1v) is 8.47. The average molecular weight is 342 g/mol. The maximum atomic E-state index is 12.0. The van der Waals surface area contributed by atoms with Crippen LogP contribution in [-0.2, 0) is 16.8 Å². The number of aliphatic hydroxyl groups is 1. The SMILES string of the molecule is CC(C)(C)c1ccc(OCCCC(=O)Nc2cnccc2CO)cc1. The van der Waals surface area contributed by atoms with Gasteiger partial charge < -0.3 is 15.2 Å². The van der Waals surface area contributed by atoms with E-state index in [-0.39, 0.29) is 17.9 Å². The van der Waals surface area contributed by atoms with E-state index < -0.39 is 0 Å². The number of pyridine rings is 1. The van der Waals surface area contributed by atoms with Gasteiger partial charge in [-0.15, -0.1) is 0 Å². The first kappa shape index (κ1) is 18.9. The number of anilines is 1. The predicted molar refractivity (Wildman–Crippen MR) is 98.7 cm³/mol. The zero-order chi connectivity index (χ0) is 18.3. The van der Waals surface area contributed by atoms with Gasteiger partial charge in [0.15, 0.2) is 0 Å². The van der Waals surface area contributed by atoms with Gasteiger partial charge in [0.2, 0.25) is 5.91 Å². The number of carbonyl (C=O) groups excluding carboxylic acids is 1. The Bertz CT molecular complexity index is 691. The molecule has 2 N–H and O–H groups in total. The molecule has 134 valence electrons. The number of nitrogens with one attached hydrogen (secondary N) is 1. The van der Waals surface area contributed by atoms with Gasteiger partial charge in [0.05, 0.1) is 25.1 Å². The topological polar surface area (TPSA) is 71.5 Å². The Morgan fingerprint density at radius 1 is 1.20 bits per heavy atom. The summed E-state index contributed by atoms with van der Waals surface area (Å²) in [7, 11) is 0. The first-order chi connectivity index (χ1) is 11.9. The van der Waals surface area contributed by atoms with Gasteiger partial charge in [0.25, 0.3) is 0 Å². The zero-order valence-corrected chi connectivity index (χ0v) is 15.1. The predicted octanol–water partition coefficient (Wildman–Crippen LogP) is 3.67. The highest BCUT2D eigenvalue weighted by Crippen LogP contribution is 2.24. The lowest BCUT2D eigenvalue weighted by Gasteiger charge is -2.19. The lowest BCUT2D eigenvalue weighted by molar-refractivity contribution is -0.116. The molecule has 0 saturated heterocycles. The Kier molecular flexibility index (Phi) is 6.53. The van der Waals surface area contributed by atoms with E-state index in [0.717, 1.165) is 5.75 Å². The molecular weight excluding hydrogens is 316 g/mol. The highest BCUT2D eigenvalue weighted by atomic mass is 16.5. The average Bonchev–Trinajstić information content (AvgIpc) is 2.59. The fourth-order valence-corrected chi connectivity index (χ4v) is 2.36. The maximum absolute atomic E-state index is 12.0. The van der Waals surface area contributed by atoms with Crippen molar-refractivity contribution in [2.75, 3.05) is 11.9 Å². The van der Waals surface area contributed by atoms with Crippen LogP contribution in [0.5, 0.6) is 5.75 Å². The summed E-state index contributed by atoms with van der Waals surface area (Å²) in [5.74, 6) is 0.692. The summed E-state index contributed by atoms with van der Waals surface area (Å²) >= 11 is 0. The molecule has 1 amide bonds. The number of aromatic nitrogens is 1. The number of carbonyl (C=O) groups is 1. The van der Waals surface area contributed by atoms with Crippen LogP contribution in [0.3, 0.4) is 0 Å². The summed E-state index contributed by atoms with van der Waals surface area (Å²) in [5.41, 5.74) is 2.58. The van der Waals surface area contributed by atoms with Crippen LogP contribution in [0.1, 0.15) is 44.7 Å². The Hall–Kier alpha value is -2.40. The maximum Gasteiger partial charge on any atom is 0.224 e. The van der Waals surface area contributed by atoms with Crippen molar-refractivity contribution in [3.05, 3.63) is 53.9 Å². The molecule has 0 aliphatic heterocycles. The third-order valence-electron chi connectivity index (χ3n) is 3.89. The molecule has 1 heterocycles. The van der Waals surface area contributed by atoms with Crippen LogP contribution in [0.25, 0.3) is 0 Å². The summed E-state index contributed by atoms with van der Waals surface area (Å²) in [6.45, 7) is 6.86. The quantitative estimate of drug-likeness (QED) is 0.753. The summed E-state index contributed by atoms with van der Waals surface area (Å²) in [6.07, 6.45) is 4.08. The molecule has 2 rings (SSSR count). The van der Waals surface area contributed by atoms with E-state index in [1.54, 1.807) is 12.3 Å². The van der Waals surface area contributed by atoms with Crippen molar-refractivity contribution in [2.24, 2.45) is 0 Å². The van der Waals surface area contributed by atoms with Crippen LogP contribution < -0.4 is 10.1 Å². The summed E-state index contributed by atoms with van der Waals surface area (Å²) < 4.78 is 5.69. The molecule has 25 heavy (non-hydrogen) atoms. The van der Waals surface area contributed by atoms with Crippen molar-refractivity contribution in [3.8, 4) is 5.75 Å². The van der Waals surface area contributed by atoms with Crippen LogP contribution in [0.4, 0.5) is 5.69 Å². The number of benzene rings is 1. The van der Waals surface area contributed by atoms with Gasteiger partial charge in [0.1, 0.15) is 5.75 Å². The molecule has 0 unspecified atom stereocenters. The van der Waals surface area contributed by atoms with Crippen molar-refractivity contribution in [1.29, 1.82) is 0 Å². The van der Waals surface area contributed by atoms with E-state index in [4.69, 9.17) is 4.74 Å². The van der Waals surface area contributed by atoms with Gasteiger partial charge in [-0.2, -0.15) is 0 Å². The van der Waals surface area contributed by atoms with Crippen molar-refractivity contribution < 1.29 is 14.6 Å². The van der Waals surface area contributed by atoms with Gasteiger partial charge in [0, 0.05) is 18.2 Å². The summed E-state index contributed by atoms with van der Waals surface area (Å²) in [6, 6.07) is 9.75. The van der Waals surface area contributed by atoms with Gasteiger partial charge in [-0.05, 0) is 35.6 Å². The Morgan fingerprint density at radius 3 is 2.56 bits per heavy atom. The molecular formula is C20H26N2O3. The minimum atomic E-state index is -0.133. The number of nitrogens with zero attached hydrogens (tertiary/aromatic N) is 1. The van der Waals surface area contributed by atoms with Crippen LogP contribution in [0.15, 0.2) is 42.7 Å². The summed E-state index contributed by atoms with van der Waals surface area (Å²) in [5, 5.41) is 12.0. The number of hydrogen-bond acceptors (Lipinski definition) is 4. The van der Waals surface area contributed by atoms with E-state index in [2.05, 4.69) is 43.2 Å². The molecule has 0 saturated carbocycles. The third kappa shape index (κ3) is 5.87. The molecule has 0 radical (unpaired) electrons. The summed E-state index contributed by atoms with van der Waals surface area (Å²) in [4.78, 5) is 15.9. The third-order valence-corrected chi connectivity index (χ3v) is 3.89. The fourth-order valence-electron chi connectivity index (χ4n) is 2.36. The van der Waals surface area contributed by atoms with Gasteiger partial charge in [-0.1, -0.05) is 32.9 Å². The second-order valence-electron chi connectivity index (χ2n) is 6.97. The highest BCUT2D eigenvalue weighted by Gasteiger charge is 2.13. The normalized spacial score (nSPS) is 11.2. The Morgan fingerprint density at radius 2 is 1.92 bits per heavy atom. The van der Waals surface area contributed by atoms with E-state index >= 15 is 0 Å². The largest absolute Gasteiger partial charge is 0.494 e. The number of ether oxygens (including phenoxy) is 1. The standard InChI is InChI=1S/C20H26N2O3/c1-20(2,3)16-6-8-17(9-7-16)25-12-4-5-19(24)22-18-13-21-11-10-15(18)14-23/h6-11,13,23H,4-5,12,14H2,1-3H3,(H,22,24).